The molecular formula is C13H30O4Si. The molecule has 0 heterocycles. The lowest BCUT2D eigenvalue weighted by Crippen LogP contribution is -2.48. The molecule has 0 N–H and O–H groups in total. The van der Waals surface area contributed by atoms with Gasteiger partial charge in [-0.25, -0.2) is 0 Å². The van der Waals surface area contributed by atoms with Crippen molar-refractivity contribution in [3.63, 3.8) is 0 Å². The molecule has 0 aliphatic carbocycles. The van der Waals surface area contributed by atoms with Crippen LogP contribution in [0.2, 0.25) is 6.04 Å². The fraction of sp³-hybridized carbons (Fsp3) is 1.00. The molecule has 0 aromatic heterocycles. The molecule has 5 heteroatoms. The molecule has 0 saturated heterocycles. The van der Waals surface area contributed by atoms with Crippen LogP contribution in [0.4, 0.5) is 0 Å². The zero-order valence-electron chi connectivity index (χ0n) is 12.7. The summed E-state index contributed by atoms with van der Waals surface area (Å²) in [7, 11) is -2.54. The van der Waals surface area contributed by atoms with Crippen molar-refractivity contribution in [2.24, 2.45) is 0 Å². The Morgan fingerprint density at radius 1 is 0.889 bits per heavy atom. The minimum atomic E-state index is -2.54. The van der Waals surface area contributed by atoms with Crippen LogP contribution in [0.1, 0.15) is 47.5 Å². The quantitative estimate of drug-likeness (QED) is 0.406. The van der Waals surface area contributed by atoms with Crippen LogP contribution in [0.15, 0.2) is 0 Å². The van der Waals surface area contributed by atoms with Crippen molar-refractivity contribution in [3.8, 4) is 0 Å². The van der Waals surface area contributed by atoms with Crippen LogP contribution in [0.25, 0.3) is 0 Å². The summed E-state index contributed by atoms with van der Waals surface area (Å²) in [6.07, 6.45) is 2.36. The van der Waals surface area contributed by atoms with Gasteiger partial charge in [-0.1, -0.05) is 13.3 Å². The van der Waals surface area contributed by atoms with Crippen molar-refractivity contribution < 1.29 is 18.0 Å². The summed E-state index contributed by atoms with van der Waals surface area (Å²) in [5, 5.41) is 0. The number of rotatable bonds is 12. The van der Waals surface area contributed by atoms with Gasteiger partial charge in [-0.15, -0.1) is 0 Å². The number of hydrogen-bond acceptors (Lipinski definition) is 4. The molecule has 0 amide bonds. The second-order valence-corrected chi connectivity index (χ2v) is 6.86. The maximum Gasteiger partial charge on any atom is 0.503 e. The van der Waals surface area contributed by atoms with E-state index in [-0.39, 0.29) is 6.10 Å². The number of ether oxygens (including phenoxy) is 1. The Bertz CT molecular complexity index is 173. The second-order valence-electron chi connectivity index (χ2n) is 4.22. The van der Waals surface area contributed by atoms with Gasteiger partial charge in [0.1, 0.15) is 0 Å². The monoisotopic (exact) mass is 278 g/mol. The van der Waals surface area contributed by atoms with Gasteiger partial charge in [-0.05, 0) is 34.1 Å². The molecule has 1 unspecified atom stereocenters. The first-order chi connectivity index (χ1) is 8.64. The van der Waals surface area contributed by atoms with Gasteiger partial charge in [0.2, 0.25) is 0 Å². The van der Waals surface area contributed by atoms with Gasteiger partial charge in [0, 0.05) is 32.5 Å². The molecule has 18 heavy (non-hydrogen) atoms. The van der Waals surface area contributed by atoms with Gasteiger partial charge in [0.05, 0.1) is 6.10 Å². The predicted octanol–water partition coefficient (Wildman–Crippen LogP) is 3.24. The lowest BCUT2D eigenvalue weighted by molar-refractivity contribution is 0.0322. The Balaban J connectivity index is 4.34. The zero-order valence-corrected chi connectivity index (χ0v) is 13.7. The highest BCUT2D eigenvalue weighted by Crippen LogP contribution is 2.20. The molecule has 0 aromatic rings. The van der Waals surface area contributed by atoms with E-state index in [2.05, 4.69) is 13.8 Å². The minimum Gasteiger partial charge on any atom is -0.379 e. The number of unbranched alkanes of at least 4 members (excludes halogenated alkanes) is 1. The molecular weight excluding hydrogens is 248 g/mol. The lowest BCUT2D eigenvalue weighted by atomic mass is 10.3. The van der Waals surface area contributed by atoms with Crippen LogP contribution in [0, 0.1) is 0 Å². The SMILES string of the molecule is CCCCOC(C)C[Si](OCC)(OCC)OCC. The first-order valence-electron chi connectivity index (χ1n) is 7.17. The van der Waals surface area contributed by atoms with E-state index in [1.165, 1.54) is 0 Å². The van der Waals surface area contributed by atoms with Gasteiger partial charge < -0.3 is 18.0 Å². The molecule has 0 saturated carbocycles. The average Bonchev–Trinajstić information content (AvgIpc) is 2.30. The summed E-state index contributed by atoms with van der Waals surface area (Å²) >= 11 is 0. The van der Waals surface area contributed by atoms with Crippen LogP contribution in [-0.2, 0) is 18.0 Å². The first-order valence-corrected chi connectivity index (χ1v) is 9.10. The normalized spacial score (nSPS) is 13.8. The minimum absolute atomic E-state index is 0.118. The van der Waals surface area contributed by atoms with Crippen molar-refractivity contribution in [1.82, 2.24) is 0 Å². The van der Waals surface area contributed by atoms with Crippen LogP contribution in [0.5, 0.6) is 0 Å². The highest BCUT2D eigenvalue weighted by molar-refractivity contribution is 6.60. The molecule has 1 atom stereocenters. The molecule has 110 valence electrons. The summed E-state index contributed by atoms with van der Waals surface area (Å²) in [6.45, 7) is 12.8. The van der Waals surface area contributed by atoms with Crippen molar-refractivity contribution >= 4 is 8.80 Å². The predicted molar refractivity (Wildman–Crippen MR) is 75.8 cm³/mol. The molecule has 0 radical (unpaired) electrons. The third-order valence-electron chi connectivity index (χ3n) is 2.53. The number of hydrogen-bond donors (Lipinski definition) is 0. The van der Waals surface area contributed by atoms with E-state index in [9.17, 15) is 0 Å². The van der Waals surface area contributed by atoms with Crippen molar-refractivity contribution in [2.75, 3.05) is 26.4 Å². The average molecular weight is 278 g/mol. The van der Waals surface area contributed by atoms with E-state index in [1.54, 1.807) is 0 Å². The van der Waals surface area contributed by atoms with Gasteiger partial charge in [0.15, 0.2) is 0 Å². The maximum absolute atomic E-state index is 5.80. The third-order valence-corrected chi connectivity index (χ3v) is 5.79. The van der Waals surface area contributed by atoms with Crippen molar-refractivity contribution in [2.45, 2.75) is 59.6 Å². The maximum atomic E-state index is 5.80. The topological polar surface area (TPSA) is 36.9 Å². The Hall–Kier alpha value is 0.0569. The summed E-state index contributed by atoms with van der Waals surface area (Å²) in [5.74, 6) is 0. The third kappa shape index (κ3) is 7.48. The summed E-state index contributed by atoms with van der Waals surface area (Å²) in [6, 6.07) is 0.728. The molecule has 4 nitrogen and oxygen atoms in total. The molecule has 0 aromatic carbocycles. The Kier molecular flexibility index (Phi) is 11.0. The Morgan fingerprint density at radius 3 is 1.78 bits per heavy atom. The second kappa shape index (κ2) is 10.9. The van der Waals surface area contributed by atoms with Crippen LogP contribution < -0.4 is 0 Å². The summed E-state index contributed by atoms with van der Waals surface area (Å²) < 4.78 is 23.2. The summed E-state index contributed by atoms with van der Waals surface area (Å²) in [4.78, 5) is 0. The molecule has 0 spiro atoms. The van der Waals surface area contributed by atoms with Crippen molar-refractivity contribution in [3.05, 3.63) is 0 Å². The fourth-order valence-corrected chi connectivity index (χ4v) is 4.55. The highest BCUT2D eigenvalue weighted by Gasteiger charge is 2.42. The highest BCUT2D eigenvalue weighted by atomic mass is 28.4. The van der Waals surface area contributed by atoms with E-state index in [4.69, 9.17) is 18.0 Å². The van der Waals surface area contributed by atoms with Crippen LogP contribution in [0.3, 0.4) is 0 Å². The van der Waals surface area contributed by atoms with Gasteiger partial charge in [0.25, 0.3) is 0 Å². The molecule has 0 aliphatic rings. The smallest absolute Gasteiger partial charge is 0.379 e. The fourth-order valence-electron chi connectivity index (χ4n) is 1.80. The molecule has 0 bridgehead atoms. The van der Waals surface area contributed by atoms with E-state index < -0.39 is 8.80 Å². The van der Waals surface area contributed by atoms with Gasteiger partial charge >= 0.3 is 8.80 Å². The van der Waals surface area contributed by atoms with Crippen LogP contribution in [-0.4, -0.2) is 41.3 Å². The lowest BCUT2D eigenvalue weighted by Gasteiger charge is -2.30. The van der Waals surface area contributed by atoms with Gasteiger partial charge in [-0.3, -0.25) is 0 Å². The molecule has 0 rings (SSSR count). The summed E-state index contributed by atoms with van der Waals surface area (Å²) in [5.41, 5.74) is 0. The van der Waals surface area contributed by atoms with Gasteiger partial charge in [-0.2, -0.15) is 0 Å². The standard InChI is InChI=1S/C13H30O4Si/c1-6-10-11-14-13(5)12-18(15-7-2,16-8-3)17-9-4/h13H,6-12H2,1-5H3. The van der Waals surface area contributed by atoms with Crippen molar-refractivity contribution in [1.29, 1.82) is 0 Å². The first kappa shape index (κ1) is 18.1. The van der Waals surface area contributed by atoms with E-state index >= 15 is 0 Å². The largest absolute Gasteiger partial charge is 0.503 e. The van der Waals surface area contributed by atoms with Crippen LogP contribution >= 0.6 is 0 Å². The zero-order chi connectivity index (χ0) is 13.9. The molecule has 0 fully saturated rings. The Labute approximate surface area is 113 Å². The molecule has 0 aliphatic heterocycles. The Morgan fingerprint density at radius 2 is 1.39 bits per heavy atom. The van der Waals surface area contributed by atoms with E-state index in [1.807, 2.05) is 20.8 Å². The van der Waals surface area contributed by atoms with E-state index in [0.717, 1.165) is 25.5 Å². The van der Waals surface area contributed by atoms with E-state index in [0.29, 0.717) is 19.8 Å².